The zero-order valence-corrected chi connectivity index (χ0v) is 12.2. The van der Waals surface area contributed by atoms with Gasteiger partial charge in [-0.1, -0.05) is 23.7 Å². The second-order valence-corrected chi connectivity index (χ2v) is 6.36. The molecular formula is C15H19N3OS. The van der Waals surface area contributed by atoms with Crippen LogP contribution in [0.15, 0.2) is 28.8 Å². The minimum Gasteiger partial charge on any atom is -0.334 e. The first-order valence-corrected chi connectivity index (χ1v) is 8.16. The highest BCUT2D eigenvalue weighted by Gasteiger charge is 2.21. The molecule has 0 bridgehead atoms. The largest absolute Gasteiger partial charge is 0.334 e. The molecule has 2 heterocycles. The predicted molar refractivity (Wildman–Crippen MR) is 81.5 cm³/mol. The monoisotopic (exact) mass is 289 g/mol. The van der Waals surface area contributed by atoms with Crippen LogP contribution in [0.1, 0.15) is 35.9 Å². The van der Waals surface area contributed by atoms with Crippen molar-refractivity contribution in [2.24, 2.45) is 5.73 Å². The molecular weight excluding hydrogens is 270 g/mol. The Morgan fingerprint density at radius 1 is 1.25 bits per heavy atom. The van der Waals surface area contributed by atoms with Gasteiger partial charge >= 0.3 is 0 Å². The zero-order valence-electron chi connectivity index (χ0n) is 11.4. The SMILES string of the molecule is NCCc1ccc(-c2nc(C3CCCCS3)no2)cc1. The molecule has 1 atom stereocenters. The third-order valence-corrected chi connectivity index (χ3v) is 4.92. The van der Waals surface area contributed by atoms with Crippen LogP contribution in [0, 0.1) is 0 Å². The van der Waals surface area contributed by atoms with Gasteiger partial charge in [-0.05, 0) is 49.3 Å². The summed E-state index contributed by atoms with van der Waals surface area (Å²) in [7, 11) is 0. The topological polar surface area (TPSA) is 64.9 Å². The Labute approximate surface area is 123 Å². The first-order chi connectivity index (χ1) is 9.86. The highest BCUT2D eigenvalue weighted by molar-refractivity contribution is 7.99. The third kappa shape index (κ3) is 3.04. The molecule has 106 valence electrons. The number of aromatic nitrogens is 2. The Balaban J connectivity index is 1.75. The quantitative estimate of drug-likeness (QED) is 0.936. The van der Waals surface area contributed by atoms with Crippen LogP contribution in [-0.2, 0) is 6.42 Å². The van der Waals surface area contributed by atoms with Gasteiger partial charge in [-0.25, -0.2) is 0 Å². The van der Waals surface area contributed by atoms with Crippen molar-refractivity contribution in [3.8, 4) is 11.5 Å². The van der Waals surface area contributed by atoms with Gasteiger partial charge in [0.2, 0.25) is 0 Å². The van der Waals surface area contributed by atoms with Gasteiger partial charge in [-0.2, -0.15) is 16.7 Å². The molecule has 2 N–H and O–H groups in total. The van der Waals surface area contributed by atoms with Crippen LogP contribution in [0.2, 0.25) is 0 Å². The molecule has 1 aromatic heterocycles. The van der Waals surface area contributed by atoms with Crippen LogP contribution in [0.5, 0.6) is 0 Å². The molecule has 3 rings (SSSR count). The van der Waals surface area contributed by atoms with Crippen molar-refractivity contribution < 1.29 is 4.52 Å². The average Bonchev–Trinajstić information content (AvgIpc) is 2.99. The minimum atomic E-state index is 0.401. The van der Waals surface area contributed by atoms with E-state index < -0.39 is 0 Å². The molecule has 1 aliphatic heterocycles. The molecule has 5 heteroatoms. The average molecular weight is 289 g/mol. The van der Waals surface area contributed by atoms with Crippen molar-refractivity contribution in [2.45, 2.75) is 30.9 Å². The molecule has 2 aromatic rings. The molecule has 0 amide bonds. The van der Waals surface area contributed by atoms with Crippen LogP contribution in [-0.4, -0.2) is 22.4 Å². The van der Waals surface area contributed by atoms with Crippen LogP contribution in [0.4, 0.5) is 0 Å². The van der Waals surface area contributed by atoms with Gasteiger partial charge in [0.05, 0.1) is 5.25 Å². The maximum Gasteiger partial charge on any atom is 0.257 e. The van der Waals surface area contributed by atoms with Crippen LogP contribution < -0.4 is 5.73 Å². The van der Waals surface area contributed by atoms with Gasteiger partial charge in [-0.15, -0.1) is 0 Å². The van der Waals surface area contributed by atoms with Gasteiger partial charge in [0, 0.05) is 5.56 Å². The van der Waals surface area contributed by atoms with E-state index >= 15 is 0 Å². The molecule has 1 unspecified atom stereocenters. The molecule has 4 nitrogen and oxygen atoms in total. The Morgan fingerprint density at radius 3 is 2.80 bits per heavy atom. The Hall–Kier alpha value is -1.33. The van der Waals surface area contributed by atoms with Gasteiger partial charge in [0.15, 0.2) is 5.82 Å². The summed E-state index contributed by atoms with van der Waals surface area (Å²) in [4.78, 5) is 4.56. The minimum absolute atomic E-state index is 0.401. The van der Waals surface area contributed by atoms with Crippen LogP contribution >= 0.6 is 11.8 Å². The van der Waals surface area contributed by atoms with Gasteiger partial charge in [0.1, 0.15) is 0 Å². The lowest BCUT2D eigenvalue weighted by atomic mass is 10.1. The molecule has 1 fully saturated rings. The number of hydrogen-bond donors (Lipinski definition) is 1. The Kier molecular flexibility index (Phi) is 4.38. The van der Waals surface area contributed by atoms with E-state index in [1.807, 2.05) is 23.9 Å². The van der Waals surface area contributed by atoms with Crippen molar-refractivity contribution in [2.75, 3.05) is 12.3 Å². The molecule has 0 spiro atoms. The third-order valence-electron chi connectivity index (χ3n) is 3.54. The number of rotatable bonds is 4. The van der Waals surface area contributed by atoms with E-state index in [0.29, 0.717) is 17.7 Å². The van der Waals surface area contributed by atoms with Crippen molar-refractivity contribution in [1.29, 1.82) is 0 Å². The fraction of sp³-hybridized carbons (Fsp3) is 0.467. The number of thioether (sulfide) groups is 1. The number of hydrogen-bond acceptors (Lipinski definition) is 5. The fourth-order valence-electron chi connectivity index (χ4n) is 2.41. The lowest BCUT2D eigenvalue weighted by Gasteiger charge is -2.17. The van der Waals surface area contributed by atoms with E-state index in [4.69, 9.17) is 10.3 Å². The smallest absolute Gasteiger partial charge is 0.257 e. The maximum absolute atomic E-state index is 5.55. The van der Waals surface area contributed by atoms with E-state index in [1.54, 1.807) is 0 Å². The maximum atomic E-state index is 5.55. The van der Waals surface area contributed by atoms with Gasteiger partial charge in [-0.3, -0.25) is 0 Å². The summed E-state index contributed by atoms with van der Waals surface area (Å²) in [5.74, 6) is 2.66. The summed E-state index contributed by atoms with van der Waals surface area (Å²) in [6.07, 6.45) is 4.61. The normalized spacial score (nSPS) is 19.1. The number of nitrogens with two attached hydrogens (primary N) is 1. The molecule has 0 radical (unpaired) electrons. The van der Waals surface area contributed by atoms with Gasteiger partial charge < -0.3 is 10.3 Å². The van der Waals surface area contributed by atoms with E-state index in [0.717, 1.165) is 24.2 Å². The molecule has 1 saturated heterocycles. The molecule has 1 aromatic carbocycles. The highest BCUT2D eigenvalue weighted by atomic mass is 32.2. The summed E-state index contributed by atoms with van der Waals surface area (Å²) in [6.45, 7) is 0.670. The van der Waals surface area contributed by atoms with Crippen molar-refractivity contribution in [3.63, 3.8) is 0 Å². The Bertz CT molecular complexity index is 547. The zero-order chi connectivity index (χ0) is 13.8. The summed E-state index contributed by atoms with van der Waals surface area (Å²) >= 11 is 1.93. The molecule has 20 heavy (non-hydrogen) atoms. The number of nitrogens with zero attached hydrogens (tertiary/aromatic N) is 2. The number of benzene rings is 1. The summed E-state index contributed by atoms with van der Waals surface area (Å²) in [5, 5.41) is 4.55. The first kappa shape index (κ1) is 13.6. The fourth-order valence-corrected chi connectivity index (χ4v) is 3.64. The highest BCUT2D eigenvalue weighted by Crippen LogP contribution is 2.37. The summed E-state index contributed by atoms with van der Waals surface area (Å²) in [5.41, 5.74) is 7.76. The van der Waals surface area contributed by atoms with Crippen molar-refractivity contribution in [1.82, 2.24) is 10.1 Å². The summed E-state index contributed by atoms with van der Waals surface area (Å²) < 4.78 is 5.40. The predicted octanol–water partition coefficient (Wildman–Crippen LogP) is 3.20. The lowest BCUT2D eigenvalue weighted by Crippen LogP contribution is -2.03. The van der Waals surface area contributed by atoms with E-state index in [2.05, 4.69) is 22.3 Å². The van der Waals surface area contributed by atoms with E-state index in [9.17, 15) is 0 Å². The first-order valence-electron chi connectivity index (χ1n) is 7.11. The lowest BCUT2D eigenvalue weighted by molar-refractivity contribution is 0.420. The Morgan fingerprint density at radius 2 is 2.10 bits per heavy atom. The molecule has 0 saturated carbocycles. The van der Waals surface area contributed by atoms with Crippen LogP contribution in [0.3, 0.4) is 0 Å². The summed E-state index contributed by atoms with van der Waals surface area (Å²) in [6, 6.07) is 8.19. The van der Waals surface area contributed by atoms with Crippen LogP contribution in [0.25, 0.3) is 11.5 Å². The molecule has 0 aliphatic carbocycles. The molecule has 1 aliphatic rings. The second-order valence-electron chi connectivity index (χ2n) is 5.05. The van der Waals surface area contributed by atoms with E-state index in [-0.39, 0.29) is 0 Å². The van der Waals surface area contributed by atoms with E-state index in [1.165, 1.54) is 24.2 Å². The second kappa shape index (κ2) is 6.41. The standard InChI is InChI=1S/C15H19N3OS/c16-9-8-11-4-6-12(7-5-11)15-17-14(18-19-15)13-3-1-2-10-20-13/h4-7,13H,1-3,8-10,16H2. The van der Waals surface area contributed by atoms with Crippen molar-refractivity contribution >= 4 is 11.8 Å². The van der Waals surface area contributed by atoms with Crippen molar-refractivity contribution in [3.05, 3.63) is 35.7 Å². The van der Waals surface area contributed by atoms with Gasteiger partial charge in [0.25, 0.3) is 5.89 Å².